The van der Waals surface area contributed by atoms with Gasteiger partial charge in [0.05, 0.1) is 6.54 Å². The predicted molar refractivity (Wildman–Crippen MR) is 105 cm³/mol. The minimum absolute atomic E-state index is 0.0417. The number of anilines is 1. The molecule has 3 aliphatic rings. The minimum Gasteiger partial charge on any atom is -0.491 e. The van der Waals surface area contributed by atoms with Crippen molar-refractivity contribution in [3.8, 4) is 17.2 Å². The summed E-state index contributed by atoms with van der Waals surface area (Å²) in [6.45, 7) is 1.93. The van der Waals surface area contributed by atoms with E-state index < -0.39 is 17.4 Å². The lowest BCUT2D eigenvalue weighted by atomic mass is 9.75. The van der Waals surface area contributed by atoms with Crippen LogP contribution in [-0.4, -0.2) is 19.3 Å². The Bertz CT molecular complexity index is 1280. The Hall–Kier alpha value is -3.62. The van der Waals surface area contributed by atoms with E-state index in [0.29, 0.717) is 28.5 Å². The fourth-order valence-electron chi connectivity index (χ4n) is 4.83. The van der Waals surface area contributed by atoms with Crippen molar-refractivity contribution >= 4 is 11.6 Å². The Morgan fingerprint density at radius 3 is 2.56 bits per heavy atom. The van der Waals surface area contributed by atoms with E-state index in [1.807, 2.05) is 19.1 Å². The van der Waals surface area contributed by atoms with Crippen LogP contribution in [0.5, 0.6) is 17.2 Å². The molecule has 0 bridgehead atoms. The summed E-state index contributed by atoms with van der Waals surface area (Å²) in [7, 11) is 0. The first kappa shape index (κ1) is 19.1. The molecule has 1 atom stereocenters. The number of amides is 1. The van der Waals surface area contributed by atoms with Crippen LogP contribution in [0, 0.1) is 6.92 Å². The van der Waals surface area contributed by atoms with Gasteiger partial charge in [-0.05, 0) is 36.8 Å². The number of hydrogen-bond acceptors (Lipinski definition) is 5. The average molecular weight is 443 g/mol. The molecule has 1 aromatic heterocycles. The van der Waals surface area contributed by atoms with E-state index >= 15 is 0 Å². The normalized spacial score (nSPS) is 20.6. The highest BCUT2D eigenvalue weighted by Crippen LogP contribution is 2.56. The fourth-order valence-corrected chi connectivity index (χ4v) is 4.83. The van der Waals surface area contributed by atoms with Gasteiger partial charge in [0, 0.05) is 22.9 Å². The highest BCUT2D eigenvalue weighted by molar-refractivity contribution is 6.12. The molecule has 6 nitrogen and oxygen atoms in total. The molecule has 0 N–H and O–H groups in total. The van der Waals surface area contributed by atoms with Crippen LogP contribution in [0.15, 0.2) is 46.9 Å². The third-order valence-electron chi connectivity index (χ3n) is 6.21. The summed E-state index contributed by atoms with van der Waals surface area (Å²) in [6, 6.07) is 11.1. The van der Waals surface area contributed by atoms with Gasteiger partial charge in [-0.2, -0.15) is 13.2 Å². The Morgan fingerprint density at radius 1 is 1.03 bits per heavy atom. The second kappa shape index (κ2) is 6.21. The molecule has 3 aromatic rings. The summed E-state index contributed by atoms with van der Waals surface area (Å²) in [5.41, 5.74) is 1.79. The summed E-state index contributed by atoms with van der Waals surface area (Å²) in [4.78, 5) is 15.4. The lowest BCUT2D eigenvalue weighted by Gasteiger charge is -2.23. The standard InChI is InChI=1S/C23H16F3NO5/c1-12-3-2-4-15-20(12)22(10-29-16-8-18-17(7-14(16)22)30-11-31-18)21(28)27(15)9-13-5-6-19(32-13)23(24,25)26/h2-8H,9-11H2,1H3. The van der Waals surface area contributed by atoms with Crippen molar-refractivity contribution < 1.29 is 36.6 Å². The number of alkyl halides is 3. The molecule has 32 heavy (non-hydrogen) atoms. The molecule has 4 heterocycles. The second-order valence-electron chi connectivity index (χ2n) is 8.02. The molecule has 6 rings (SSSR count). The van der Waals surface area contributed by atoms with Gasteiger partial charge >= 0.3 is 6.18 Å². The van der Waals surface area contributed by atoms with Crippen LogP contribution in [0.3, 0.4) is 0 Å². The third-order valence-corrected chi connectivity index (χ3v) is 6.21. The molecular formula is C23H16F3NO5. The largest absolute Gasteiger partial charge is 0.491 e. The highest BCUT2D eigenvalue weighted by Gasteiger charge is 2.58. The monoisotopic (exact) mass is 443 g/mol. The van der Waals surface area contributed by atoms with Crippen molar-refractivity contribution in [3.63, 3.8) is 0 Å². The lowest BCUT2D eigenvalue weighted by Crippen LogP contribution is -2.42. The topological polar surface area (TPSA) is 61.1 Å². The van der Waals surface area contributed by atoms with E-state index in [-0.39, 0.29) is 31.6 Å². The molecule has 2 aromatic carbocycles. The number of fused-ring (bicyclic) bond motifs is 5. The van der Waals surface area contributed by atoms with Gasteiger partial charge < -0.3 is 23.5 Å². The quantitative estimate of drug-likeness (QED) is 0.581. The zero-order chi connectivity index (χ0) is 22.3. The first-order valence-electron chi connectivity index (χ1n) is 9.94. The van der Waals surface area contributed by atoms with Gasteiger partial charge in [0.2, 0.25) is 18.5 Å². The maximum absolute atomic E-state index is 13.9. The molecule has 1 spiro atoms. The van der Waals surface area contributed by atoms with E-state index in [4.69, 9.17) is 18.6 Å². The molecule has 164 valence electrons. The van der Waals surface area contributed by atoms with Gasteiger partial charge in [-0.1, -0.05) is 12.1 Å². The van der Waals surface area contributed by atoms with Crippen LogP contribution < -0.4 is 19.1 Å². The summed E-state index contributed by atoms with van der Waals surface area (Å²) >= 11 is 0. The van der Waals surface area contributed by atoms with Crippen LogP contribution in [0.4, 0.5) is 18.9 Å². The number of furan rings is 1. The number of carbonyl (C=O) groups excluding carboxylic acids is 1. The van der Waals surface area contributed by atoms with E-state index in [0.717, 1.165) is 17.2 Å². The average Bonchev–Trinajstić information content (AvgIpc) is 3.51. The zero-order valence-electron chi connectivity index (χ0n) is 16.8. The minimum atomic E-state index is -4.59. The SMILES string of the molecule is Cc1cccc2c1C1(COc3cc4c(cc31)OCO4)C(=O)N2Cc1ccc(C(F)(F)F)o1. The second-order valence-corrected chi connectivity index (χ2v) is 8.02. The molecular weight excluding hydrogens is 427 g/mol. The van der Waals surface area contributed by atoms with Crippen LogP contribution in [0.1, 0.15) is 28.2 Å². The van der Waals surface area contributed by atoms with E-state index in [2.05, 4.69) is 0 Å². The Morgan fingerprint density at radius 2 is 1.81 bits per heavy atom. The van der Waals surface area contributed by atoms with Crippen molar-refractivity contribution in [2.45, 2.75) is 25.1 Å². The molecule has 0 radical (unpaired) electrons. The molecule has 0 fully saturated rings. The number of nitrogens with zero attached hydrogens (tertiary/aromatic N) is 1. The molecule has 1 unspecified atom stereocenters. The van der Waals surface area contributed by atoms with Gasteiger partial charge in [-0.25, -0.2) is 0 Å². The molecule has 9 heteroatoms. The number of hydrogen-bond donors (Lipinski definition) is 0. The smallest absolute Gasteiger partial charge is 0.449 e. The number of halogens is 3. The zero-order valence-corrected chi connectivity index (χ0v) is 16.8. The van der Waals surface area contributed by atoms with Crippen LogP contribution in [0.25, 0.3) is 0 Å². The highest BCUT2D eigenvalue weighted by atomic mass is 19.4. The lowest BCUT2D eigenvalue weighted by molar-refractivity contribution is -0.153. The number of benzene rings is 2. The van der Waals surface area contributed by atoms with Gasteiger partial charge in [-0.15, -0.1) is 0 Å². The maximum Gasteiger partial charge on any atom is 0.449 e. The van der Waals surface area contributed by atoms with Crippen molar-refractivity contribution in [2.75, 3.05) is 18.3 Å². The van der Waals surface area contributed by atoms with E-state index in [1.165, 1.54) is 11.0 Å². The van der Waals surface area contributed by atoms with Crippen LogP contribution in [-0.2, 0) is 22.9 Å². The predicted octanol–water partition coefficient (Wildman–Crippen LogP) is 4.56. The molecule has 3 aliphatic heterocycles. The first-order chi connectivity index (χ1) is 15.3. The Balaban J connectivity index is 1.48. The molecule has 0 saturated heterocycles. The Labute approximate surface area is 180 Å². The van der Waals surface area contributed by atoms with Crippen molar-refractivity contribution in [2.24, 2.45) is 0 Å². The summed E-state index contributed by atoms with van der Waals surface area (Å²) in [6.07, 6.45) is -4.59. The van der Waals surface area contributed by atoms with Crippen molar-refractivity contribution in [1.82, 2.24) is 0 Å². The van der Waals surface area contributed by atoms with Crippen molar-refractivity contribution in [3.05, 3.63) is 70.7 Å². The first-order valence-corrected chi connectivity index (χ1v) is 9.94. The molecule has 0 saturated carbocycles. The van der Waals surface area contributed by atoms with Gasteiger partial charge in [0.1, 0.15) is 23.5 Å². The summed E-state index contributed by atoms with van der Waals surface area (Å²) in [5.74, 6) is 0.250. The van der Waals surface area contributed by atoms with Crippen LogP contribution in [0.2, 0.25) is 0 Å². The Kier molecular flexibility index (Phi) is 3.71. The number of aryl methyl sites for hydroxylation is 1. The number of carbonyl (C=O) groups is 1. The van der Waals surface area contributed by atoms with E-state index in [1.54, 1.807) is 18.2 Å². The summed E-state index contributed by atoms with van der Waals surface area (Å²) in [5, 5.41) is 0. The van der Waals surface area contributed by atoms with Gasteiger partial charge in [0.25, 0.3) is 0 Å². The van der Waals surface area contributed by atoms with Gasteiger partial charge in [0.15, 0.2) is 11.5 Å². The van der Waals surface area contributed by atoms with Crippen molar-refractivity contribution in [1.29, 1.82) is 0 Å². The molecule has 0 aliphatic carbocycles. The third kappa shape index (κ3) is 2.44. The maximum atomic E-state index is 13.9. The summed E-state index contributed by atoms with van der Waals surface area (Å²) < 4.78 is 60.8. The van der Waals surface area contributed by atoms with E-state index in [9.17, 15) is 18.0 Å². The fraction of sp³-hybridized carbons (Fsp3) is 0.261. The number of ether oxygens (including phenoxy) is 3. The number of rotatable bonds is 2. The van der Waals surface area contributed by atoms with Crippen LogP contribution >= 0.6 is 0 Å². The van der Waals surface area contributed by atoms with Gasteiger partial charge in [-0.3, -0.25) is 4.79 Å². The molecule has 1 amide bonds.